The van der Waals surface area contributed by atoms with Gasteiger partial charge in [-0.1, -0.05) is 40.7 Å². The van der Waals surface area contributed by atoms with Crippen LogP contribution in [0, 0.1) is 34.6 Å². The van der Waals surface area contributed by atoms with Crippen LogP contribution in [-0.2, 0) is 26.2 Å². The summed E-state index contributed by atoms with van der Waals surface area (Å²) in [6, 6.07) is 14.7. The average Bonchev–Trinajstić information content (AvgIpc) is 2.97. The fraction of sp³-hybridized carbons (Fsp3) is 0.263. The zero-order valence-electron chi connectivity index (χ0n) is 13.8. The summed E-state index contributed by atoms with van der Waals surface area (Å²) in [5.41, 5.74) is 7.34. The van der Waals surface area contributed by atoms with Gasteiger partial charge in [-0.2, -0.15) is 45.3 Å². The quantitative estimate of drug-likeness (QED) is 0.365. The summed E-state index contributed by atoms with van der Waals surface area (Å²) in [6.07, 6.45) is 0. The molecule has 0 N–H and O–H groups in total. The Bertz CT molecular complexity index is 582. The summed E-state index contributed by atoms with van der Waals surface area (Å²) >= 11 is 0. The Labute approximate surface area is 174 Å². The normalized spacial score (nSPS) is 8.95. The molecule has 3 heteroatoms. The van der Waals surface area contributed by atoms with Gasteiger partial charge in [0.05, 0.1) is 0 Å². The van der Waals surface area contributed by atoms with Crippen LogP contribution in [0.15, 0.2) is 42.5 Å². The topological polar surface area (TPSA) is 0 Å². The second-order valence-corrected chi connectivity index (χ2v) is 5.28. The van der Waals surface area contributed by atoms with Crippen LogP contribution in [0.5, 0.6) is 0 Å². The largest absolute Gasteiger partial charge is 4.00 e. The van der Waals surface area contributed by atoms with E-state index >= 15 is 0 Å². The number of halogens is 2. The van der Waals surface area contributed by atoms with Crippen molar-refractivity contribution in [1.82, 2.24) is 0 Å². The van der Waals surface area contributed by atoms with Crippen molar-refractivity contribution in [3.63, 3.8) is 0 Å². The van der Waals surface area contributed by atoms with Crippen LogP contribution >= 0.6 is 0 Å². The molecule has 116 valence electrons. The third-order valence-electron chi connectivity index (χ3n) is 4.36. The summed E-state index contributed by atoms with van der Waals surface area (Å²) in [6.45, 7) is 11.0. The van der Waals surface area contributed by atoms with Crippen LogP contribution < -0.4 is 34.0 Å². The molecule has 3 rings (SSSR count). The van der Waals surface area contributed by atoms with Crippen LogP contribution in [0.1, 0.15) is 27.8 Å². The molecule has 3 aromatic carbocycles. The molecular formula is C19H22Br2Zr. The van der Waals surface area contributed by atoms with Gasteiger partial charge < -0.3 is 34.0 Å². The monoisotopic (exact) mass is 498 g/mol. The third kappa shape index (κ3) is 5.29. The molecular weight excluding hydrogens is 479 g/mol. The van der Waals surface area contributed by atoms with Crippen LogP contribution in [0.4, 0.5) is 0 Å². The Morgan fingerprint density at radius 1 is 0.818 bits per heavy atom. The van der Waals surface area contributed by atoms with Gasteiger partial charge in [0.2, 0.25) is 0 Å². The zero-order chi connectivity index (χ0) is 14.0. The standard InChI is InChI=1S/C10H15.C9H7.2BrH.Zr/c1-6-7(2)9(4)10(5)8(6)3;1-2-5-9-7-3-6-8(9)4-1;;;/h1-5H3;1-7H;2*1H;/q2*-1;;;+4/p-2. The van der Waals surface area contributed by atoms with E-state index in [9.17, 15) is 0 Å². The predicted octanol–water partition coefficient (Wildman–Crippen LogP) is -0.488. The van der Waals surface area contributed by atoms with Gasteiger partial charge in [0.1, 0.15) is 0 Å². The number of rotatable bonds is 0. The molecule has 0 atom stereocenters. The smallest absolute Gasteiger partial charge is 1.00 e. The first-order valence-corrected chi connectivity index (χ1v) is 6.82. The van der Waals surface area contributed by atoms with Crippen LogP contribution in [-0.4, -0.2) is 0 Å². The average molecular weight is 501 g/mol. The summed E-state index contributed by atoms with van der Waals surface area (Å²) < 4.78 is 0. The summed E-state index contributed by atoms with van der Waals surface area (Å²) in [4.78, 5) is 0. The summed E-state index contributed by atoms with van der Waals surface area (Å²) in [5.74, 6) is 0. The third-order valence-corrected chi connectivity index (χ3v) is 4.36. The second kappa shape index (κ2) is 10.7. The molecule has 0 aliphatic carbocycles. The number of benzene rings is 1. The van der Waals surface area contributed by atoms with Gasteiger partial charge in [-0.15, -0.1) is 29.7 Å². The van der Waals surface area contributed by atoms with E-state index < -0.39 is 0 Å². The molecule has 0 amide bonds. The van der Waals surface area contributed by atoms with E-state index in [0.717, 1.165) is 0 Å². The molecule has 0 nitrogen and oxygen atoms in total. The van der Waals surface area contributed by atoms with Gasteiger partial charge in [-0.3, -0.25) is 0 Å². The van der Waals surface area contributed by atoms with Crippen molar-refractivity contribution in [3.8, 4) is 0 Å². The molecule has 0 radical (unpaired) electrons. The van der Waals surface area contributed by atoms with Gasteiger partial charge >= 0.3 is 26.2 Å². The molecule has 0 aliphatic rings. The molecule has 22 heavy (non-hydrogen) atoms. The molecule has 0 unspecified atom stereocenters. The Hall–Kier alpha value is 0.0231. The van der Waals surface area contributed by atoms with E-state index in [1.54, 1.807) is 0 Å². The molecule has 0 saturated heterocycles. The molecule has 0 saturated carbocycles. The first kappa shape index (κ1) is 24.3. The molecule has 0 spiro atoms. The molecule has 3 aromatic rings. The summed E-state index contributed by atoms with van der Waals surface area (Å²) in [7, 11) is 0. The van der Waals surface area contributed by atoms with Gasteiger partial charge in [-0.05, 0) is 0 Å². The zero-order valence-corrected chi connectivity index (χ0v) is 19.4. The number of hydrogen-bond acceptors (Lipinski definition) is 0. The Kier molecular flexibility index (Phi) is 11.8. The van der Waals surface area contributed by atoms with Crippen molar-refractivity contribution in [2.75, 3.05) is 0 Å². The SMILES string of the molecule is Cc1c(C)c(C)[c-](C)c1C.[Br-].[Br-].[Zr+4].c1ccc2[cH-]ccc2c1. The number of fused-ring (bicyclic) bond motifs is 1. The van der Waals surface area contributed by atoms with E-state index in [2.05, 4.69) is 77.1 Å². The maximum absolute atomic E-state index is 2.20. The van der Waals surface area contributed by atoms with Crippen molar-refractivity contribution in [3.05, 3.63) is 70.3 Å². The van der Waals surface area contributed by atoms with Gasteiger partial charge in [0.15, 0.2) is 0 Å². The van der Waals surface area contributed by atoms with Gasteiger partial charge in [-0.25, -0.2) is 0 Å². The minimum Gasteiger partial charge on any atom is -1.00 e. The molecule has 0 aromatic heterocycles. The van der Waals surface area contributed by atoms with Gasteiger partial charge in [0, 0.05) is 0 Å². The van der Waals surface area contributed by atoms with E-state index in [4.69, 9.17) is 0 Å². The molecule has 0 fully saturated rings. The Balaban J connectivity index is 0. The van der Waals surface area contributed by atoms with E-state index in [1.807, 2.05) is 0 Å². The maximum Gasteiger partial charge on any atom is 4.00 e. The van der Waals surface area contributed by atoms with Crippen molar-refractivity contribution < 1.29 is 60.2 Å². The molecule has 0 bridgehead atoms. The van der Waals surface area contributed by atoms with Crippen molar-refractivity contribution in [2.24, 2.45) is 0 Å². The van der Waals surface area contributed by atoms with Crippen molar-refractivity contribution in [1.29, 1.82) is 0 Å². The van der Waals surface area contributed by atoms with Gasteiger partial charge in [0.25, 0.3) is 0 Å². The minimum absolute atomic E-state index is 0. The van der Waals surface area contributed by atoms with Crippen LogP contribution in [0.25, 0.3) is 10.8 Å². The van der Waals surface area contributed by atoms with Crippen LogP contribution in [0.2, 0.25) is 0 Å². The molecule has 0 aliphatic heterocycles. The minimum atomic E-state index is 0. The van der Waals surface area contributed by atoms with Crippen molar-refractivity contribution in [2.45, 2.75) is 34.6 Å². The van der Waals surface area contributed by atoms with Crippen molar-refractivity contribution >= 4 is 10.8 Å². The first-order chi connectivity index (χ1) is 9.02. The van der Waals surface area contributed by atoms with E-state index in [-0.39, 0.29) is 60.2 Å². The van der Waals surface area contributed by atoms with E-state index in [1.165, 1.54) is 38.6 Å². The van der Waals surface area contributed by atoms with E-state index in [0.29, 0.717) is 0 Å². The fourth-order valence-electron chi connectivity index (χ4n) is 2.48. The van der Waals surface area contributed by atoms with Crippen LogP contribution in [0.3, 0.4) is 0 Å². The number of hydrogen-bond donors (Lipinski definition) is 0. The first-order valence-electron chi connectivity index (χ1n) is 6.82. The Morgan fingerprint density at radius 2 is 1.32 bits per heavy atom. The Morgan fingerprint density at radius 3 is 1.73 bits per heavy atom. The maximum atomic E-state index is 2.20. The second-order valence-electron chi connectivity index (χ2n) is 5.28. The summed E-state index contributed by atoms with van der Waals surface area (Å²) in [5, 5.41) is 2.66. The predicted molar refractivity (Wildman–Crippen MR) is 85.3 cm³/mol. The fourth-order valence-corrected chi connectivity index (χ4v) is 2.48. The molecule has 0 heterocycles.